The summed E-state index contributed by atoms with van der Waals surface area (Å²) in [5.74, 6) is 0.899. The number of rotatable bonds is 5. The number of unbranched alkanes of at least 4 members (excludes halogenated alkanes) is 1. The molecule has 86 valence electrons. The molecule has 0 fully saturated rings. The van der Waals surface area contributed by atoms with E-state index in [1.807, 2.05) is 12.1 Å². The largest absolute Gasteiger partial charge is 0.497 e. The summed E-state index contributed by atoms with van der Waals surface area (Å²) < 4.78 is 5.11. The number of hydrogen-bond donors (Lipinski definition) is 0. The van der Waals surface area contributed by atoms with Gasteiger partial charge in [0.2, 0.25) is 0 Å². The number of hydrogen-bond acceptors (Lipinski definition) is 1. The Balaban J connectivity index is 2.61. The van der Waals surface area contributed by atoms with Crippen LogP contribution in [0.25, 0.3) is 6.08 Å². The van der Waals surface area contributed by atoms with Crippen molar-refractivity contribution in [3.05, 3.63) is 47.6 Å². The zero-order valence-corrected chi connectivity index (χ0v) is 10.4. The van der Waals surface area contributed by atoms with Gasteiger partial charge in [-0.25, -0.2) is 0 Å². The highest BCUT2D eigenvalue weighted by molar-refractivity contribution is 5.53. The molecule has 1 aromatic rings. The van der Waals surface area contributed by atoms with E-state index in [1.54, 1.807) is 7.11 Å². The minimum atomic E-state index is 0.899. The monoisotopic (exact) mass is 216 g/mol. The van der Waals surface area contributed by atoms with E-state index in [-0.39, 0.29) is 0 Å². The molecule has 16 heavy (non-hydrogen) atoms. The number of ether oxygens (including phenoxy) is 1. The summed E-state index contributed by atoms with van der Waals surface area (Å²) in [6.07, 6.45) is 8.89. The first-order valence-electron chi connectivity index (χ1n) is 5.75. The van der Waals surface area contributed by atoms with Crippen molar-refractivity contribution in [2.45, 2.75) is 26.7 Å². The zero-order chi connectivity index (χ0) is 11.8. The average molecular weight is 216 g/mol. The lowest BCUT2D eigenvalue weighted by Gasteiger charge is -1.99. The van der Waals surface area contributed by atoms with E-state index in [0.29, 0.717) is 0 Å². The zero-order valence-electron chi connectivity index (χ0n) is 10.4. The molecule has 1 nitrogen and oxygen atoms in total. The standard InChI is InChI=1S/C15H20O/c1-4-5-6-13(2)7-8-14-9-11-15(16-3)12-10-14/h6-12H,4-5H2,1-3H3. The van der Waals surface area contributed by atoms with Gasteiger partial charge in [0.05, 0.1) is 7.11 Å². The molecule has 0 aliphatic heterocycles. The van der Waals surface area contributed by atoms with Gasteiger partial charge in [0.15, 0.2) is 0 Å². The molecule has 0 heterocycles. The third kappa shape index (κ3) is 4.35. The van der Waals surface area contributed by atoms with Crippen LogP contribution in [0.3, 0.4) is 0 Å². The van der Waals surface area contributed by atoms with Crippen molar-refractivity contribution in [2.75, 3.05) is 7.11 Å². The fraction of sp³-hybridized carbons (Fsp3) is 0.333. The molecule has 1 aromatic carbocycles. The summed E-state index contributed by atoms with van der Waals surface area (Å²) in [4.78, 5) is 0. The van der Waals surface area contributed by atoms with Crippen LogP contribution in [-0.2, 0) is 0 Å². The van der Waals surface area contributed by atoms with Crippen LogP contribution in [0.5, 0.6) is 5.75 Å². The molecule has 0 aliphatic rings. The summed E-state index contributed by atoms with van der Waals surface area (Å²) in [7, 11) is 1.68. The Bertz CT molecular complexity index is 358. The summed E-state index contributed by atoms with van der Waals surface area (Å²) in [5.41, 5.74) is 2.52. The molecule has 1 rings (SSSR count). The summed E-state index contributed by atoms with van der Waals surface area (Å²) in [6, 6.07) is 8.07. The van der Waals surface area contributed by atoms with Crippen LogP contribution in [-0.4, -0.2) is 7.11 Å². The van der Waals surface area contributed by atoms with Gasteiger partial charge < -0.3 is 4.74 Å². The third-order valence-electron chi connectivity index (χ3n) is 2.41. The molecule has 0 bridgehead atoms. The van der Waals surface area contributed by atoms with Crippen LogP contribution in [0.4, 0.5) is 0 Å². The molecule has 0 saturated carbocycles. The van der Waals surface area contributed by atoms with E-state index >= 15 is 0 Å². The molecule has 0 spiro atoms. The maximum atomic E-state index is 5.11. The topological polar surface area (TPSA) is 9.23 Å². The molecule has 0 aromatic heterocycles. The van der Waals surface area contributed by atoms with Crippen LogP contribution in [0.2, 0.25) is 0 Å². The van der Waals surface area contributed by atoms with Crippen molar-refractivity contribution < 1.29 is 4.74 Å². The Labute approximate surface area is 98.5 Å². The van der Waals surface area contributed by atoms with Crippen molar-refractivity contribution in [2.24, 2.45) is 0 Å². The molecule has 0 aliphatic carbocycles. The highest BCUT2D eigenvalue weighted by Crippen LogP contribution is 2.13. The van der Waals surface area contributed by atoms with Gasteiger partial charge in [-0.1, -0.05) is 49.3 Å². The van der Waals surface area contributed by atoms with Crippen molar-refractivity contribution in [3.63, 3.8) is 0 Å². The second-order valence-electron chi connectivity index (χ2n) is 3.84. The van der Waals surface area contributed by atoms with Gasteiger partial charge in [-0.2, -0.15) is 0 Å². The minimum absolute atomic E-state index is 0.899. The molecule has 0 N–H and O–H groups in total. The van der Waals surface area contributed by atoms with Crippen LogP contribution >= 0.6 is 0 Å². The van der Waals surface area contributed by atoms with E-state index < -0.39 is 0 Å². The van der Waals surface area contributed by atoms with Gasteiger partial charge in [0, 0.05) is 0 Å². The van der Waals surface area contributed by atoms with Gasteiger partial charge in [-0.3, -0.25) is 0 Å². The maximum Gasteiger partial charge on any atom is 0.118 e. The Morgan fingerprint density at radius 2 is 1.94 bits per heavy atom. The van der Waals surface area contributed by atoms with Gasteiger partial charge >= 0.3 is 0 Å². The predicted octanol–water partition coefficient (Wildman–Crippen LogP) is 4.45. The molecular weight excluding hydrogens is 196 g/mol. The molecule has 0 amide bonds. The van der Waals surface area contributed by atoms with Crippen molar-refractivity contribution in [1.82, 2.24) is 0 Å². The quantitative estimate of drug-likeness (QED) is 0.660. The number of methoxy groups -OCH3 is 1. The molecule has 1 heteroatoms. The van der Waals surface area contributed by atoms with Crippen molar-refractivity contribution in [1.29, 1.82) is 0 Å². The van der Waals surface area contributed by atoms with Gasteiger partial charge in [0.25, 0.3) is 0 Å². The normalized spacial score (nSPS) is 12.1. The Morgan fingerprint density at radius 1 is 1.25 bits per heavy atom. The molecule has 0 radical (unpaired) electrons. The fourth-order valence-electron chi connectivity index (χ4n) is 1.38. The van der Waals surface area contributed by atoms with Crippen molar-refractivity contribution in [3.8, 4) is 5.75 Å². The lowest BCUT2D eigenvalue weighted by atomic mass is 10.1. The smallest absolute Gasteiger partial charge is 0.118 e. The third-order valence-corrected chi connectivity index (χ3v) is 2.41. The van der Waals surface area contributed by atoms with Gasteiger partial charge in [-0.15, -0.1) is 0 Å². The SMILES string of the molecule is CCCC=C(C)C=Cc1ccc(OC)cc1. The first-order chi connectivity index (χ1) is 7.76. The molecular formula is C15H20O. The van der Waals surface area contributed by atoms with Crippen LogP contribution in [0.1, 0.15) is 32.3 Å². The Hall–Kier alpha value is -1.50. The van der Waals surface area contributed by atoms with E-state index in [1.165, 1.54) is 17.6 Å². The average Bonchev–Trinajstić information content (AvgIpc) is 2.34. The second-order valence-corrected chi connectivity index (χ2v) is 3.84. The van der Waals surface area contributed by atoms with Crippen LogP contribution in [0, 0.1) is 0 Å². The first-order valence-corrected chi connectivity index (χ1v) is 5.75. The van der Waals surface area contributed by atoms with E-state index in [2.05, 4.69) is 44.2 Å². The second kappa shape index (κ2) is 6.89. The van der Waals surface area contributed by atoms with Crippen molar-refractivity contribution >= 4 is 6.08 Å². The maximum absolute atomic E-state index is 5.11. The van der Waals surface area contributed by atoms with E-state index in [4.69, 9.17) is 4.74 Å². The van der Waals surface area contributed by atoms with E-state index in [9.17, 15) is 0 Å². The lowest BCUT2D eigenvalue weighted by molar-refractivity contribution is 0.415. The Morgan fingerprint density at radius 3 is 2.50 bits per heavy atom. The van der Waals surface area contributed by atoms with Crippen LogP contribution in [0.15, 0.2) is 42.0 Å². The minimum Gasteiger partial charge on any atom is -0.497 e. The molecule has 0 unspecified atom stereocenters. The molecule has 0 saturated heterocycles. The predicted molar refractivity (Wildman–Crippen MR) is 70.7 cm³/mol. The van der Waals surface area contributed by atoms with Gasteiger partial charge in [0.1, 0.15) is 5.75 Å². The first kappa shape index (κ1) is 12.6. The lowest BCUT2D eigenvalue weighted by Crippen LogP contribution is -1.81. The number of allylic oxidation sites excluding steroid dienone is 3. The highest BCUT2D eigenvalue weighted by Gasteiger charge is 1.89. The summed E-state index contributed by atoms with van der Waals surface area (Å²) in [6.45, 7) is 4.33. The summed E-state index contributed by atoms with van der Waals surface area (Å²) in [5, 5.41) is 0. The molecule has 0 atom stereocenters. The highest BCUT2D eigenvalue weighted by atomic mass is 16.5. The van der Waals surface area contributed by atoms with Gasteiger partial charge in [-0.05, 0) is 31.0 Å². The Kier molecular flexibility index (Phi) is 5.41. The van der Waals surface area contributed by atoms with Crippen LogP contribution < -0.4 is 4.74 Å². The van der Waals surface area contributed by atoms with E-state index in [0.717, 1.165) is 12.2 Å². The summed E-state index contributed by atoms with van der Waals surface area (Å²) >= 11 is 0. The fourth-order valence-corrected chi connectivity index (χ4v) is 1.38. The number of benzene rings is 1.